The molecule has 0 fully saturated rings. The Morgan fingerprint density at radius 3 is 2.52 bits per heavy atom. The van der Waals surface area contributed by atoms with Crippen LogP contribution in [0.25, 0.3) is 0 Å². The van der Waals surface area contributed by atoms with Crippen molar-refractivity contribution < 1.29 is 5.21 Å². The summed E-state index contributed by atoms with van der Waals surface area (Å²) in [6.45, 7) is 4.62. The van der Waals surface area contributed by atoms with Crippen molar-refractivity contribution in [2.75, 3.05) is 11.9 Å². The fourth-order valence-corrected chi connectivity index (χ4v) is 2.48. The Morgan fingerprint density at radius 1 is 1.33 bits per heavy atom. The maximum atomic E-state index is 8.96. The quantitative estimate of drug-likeness (QED) is 0.389. The van der Waals surface area contributed by atoms with Crippen molar-refractivity contribution >= 4 is 11.7 Å². The number of hydrogen-bond donors (Lipinski definition) is 2. The summed E-state index contributed by atoms with van der Waals surface area (Å²) in [5.74, 6) is 0.898. The lowest BCUT2D eigenvalue weighted by atomic mass is 10.1. The lowest BCUT2D eigenvalue weighted by molar-refractivity contribution is 0.318. The van der Waals surface area contributed by atoms with E-state index in [0.717, 1.165) is 11.5 Å². The van der Waals surface area contributed by atoms with Gasteiger partial charge < -0.3 is 15.8 Å². The van der Waals surface area contributed by atoms with Crippen molar-refractivity contribution in [3.8, 4) is 0 Å². The van der Waals surface area contributed by atoms with Crippen LogP contribution in [0.5, 0.6) is 0 Å². The highest BCUT2D eigenvalue weighted by Crippen LogP contribution is 2.23. The molecule has 112 valence electrons. The van der Waals surface area contributed by atoms with Gasteiger partial charge in [0, 0.05) is 20.6 Å². The van der Waals surface area contributed by atoms with Crippen molar-refractivity contribution in [3.05, 3.63) is 46.6 Å². The lowest BCUT2D eigenvalue weighted by Crippen LogP contribution is -2.24. The van der Waals surface area contributed by atoms with Gasteiger partial charge in [-0.3, -0.25) is 4.68 Å². The largest absolute Gasteiger partial charge is 0.409 e. The van der Waals surface area contributed by atoms with E-state index in [1.165, 1.54) is 11.1 Å². The van der Waals surface area contributed by atoms with E-state index in [0.29, 0.717) is 12.1 Å². The van der Waals surface area contributed by atoms with Gasteiger partial charge in [0.25, 0.3) is 0 Å². The summed E-state index contributed by atoms with van der Waals surface area (Å²) in [4.78, 5) is 2.04. The summed E-state index contributed by atoms with van der Waals surface area (Å²) in [6, 6.07) is 8.36. The number of nitrogens with zero attached hydrogens (tertiary/aromatic N) is 4. The van der Waals surface area contributed by atoms with Gasteiger partial charge in [0.1, 0.15) is 5.82 Å². The van der Waals surface area contributed by atoms with Crippen LogP contribution in [-0.4, -0.2) is 27.9 Å². The minimum Gasteiger partial charge on any atom is -0.409 e. The molecule has 21 heavy (non-hydrogen) atoms. The number of nitrogens with two attached hydrogens (primary N) is 1. The first-order valence-corrected chi connectivity index (χ1v) is 6.72. The van der Waals surface area contributed by atoms with Crippen LogP contribution in [0, 0.1) is 13.8 Å². The first-order valence-electron chi connectivity index (χ1n) is 6.72. The number of rotatable bonds is 4. The molecule has 0 radical (unpaired) electrons. The van der Waals surface area contributed by atoms with Crippen molar-refractivity contribution in [2.24, 2.45) is 17.9 Å². The second kappa shape index (κ2) is 5.87. The fraction of sp³-hybridized carbons (Fsp3) is 0.333. The van der Waals surface area contributed by atoms with Crippen LogP contribution in [0.15, 0.2) is 29.4 Å². The first kappa shape index (κ1) is 14.9. The second-order valence-corrected chi connectivity index (χ2v) is 5.23. The molecule has 0 spiro atoms. The van der Waals surface area contributed by atoms with Gasteiger partial charge >= 0.3 is 0 Å². The summed E-state index contributed by atoms with van der Waals surface area (Å²) in [7, 11) is 3.81. The number of hydrogen-bond acceptors (Lipinski definition) is 4. The number of oxime groups is 1. The van der Waals surface area contributed by atoms with Gasteiger partial charge in [-0.25, -0.2) is 0 Å². The average molecular weight is 287 g/mol. The van der Waals surface area contributed by atoms with E-state index in [-0.39, 0.29) is 5.84 Å². The van der Waals surface area contributed by atoms with Crippen molar-refractivity contribution in [3.63, 3.8) is 0 Å². The van der Waals surface area contributed by atoms with Crippen LogP contribution in [-0.2, 0) is 13.6 Å². The van der Waals surface area contributed by atoms with Crippen molar-refractivity contribution in [1.29, 1.82) is 0 Å². The molecule has 0 unspecified atom stereocenters. The zero-order chi connectivity index (χ0) is 15.6. The molecule has 2 aromatic rings. The highest BCUT2D eigenvalue weighted by molar-refractivity contribution is 6.02. The molecule has 0 aliphatic heterocycles. The Balaban J connectivity index is 2.35. The van der Waals surface area contributed by atoms with Crippen LogP contribution >= 0.6 is 0 Å². The van der Waals surface area contributed by atoms with E-state index in [2.05, 4.69) is 41.4 Å². The van der Waals surface area contributed by atoms with Gasteiger partial charge in [0.05, 0.1) is 11.3 Å². The van der Waals surface area contributed by atoms with E-state index >= 15 is 0 Å². The molecule has 0 bridgehead atoms. The maximum absolute atomic E-state index is 8.96. The molecule has 1 aromatic heterocycles. The van der Waals surface area contributed by atoms with Gasteiger partial charge in [-0.1, -0.05) is 35.0 Å². The van der Waals surface area contributed by atoms with Crippen LogP contribution < -0.4 is 10.6 Å². The van der Waals surface area contributed by atoms with Crippen LogP contribution in [0.4, 0.5) is 5.82 Å². The molecule has 2 rings (SSSR count). The maximum Gasteiger partial charge on any atom is 0.175 e. The van der Waals surface area contributed by atoms with Crippen LogP contribution in [0.1, 0.15) is 22.4 Å². The molecule has 0 amide bonds. The third-order valence-electron chi connectivity index (χ3n) is 3.46. The minimum absolute atomic E-state index is 0.0753. The van der Waals surface area contributed by atoms with E-state index in [1.54, 1.807) is 4.68 Å². The molecule has 1 aromatic carbocycles. The monoisotopic (exact) mass is 287 g/mol. The zero-order valence-corrected chi connectivity index (χ0v) is 12.8. The minimum atomic E-state index is 0.0753. The van der Waals surface area contributed by atoms with Crippen LogP contribution in [0.2, 0.25) is 0 Å². The Bertz CT molecular complexity index is 657. The predicted octanol–water partition coefficient (Wildman–Crippen LogP) is 1.77. The lowest BCUT2D eigenvalue weighted by Gasteiger charge is -2.21. The third kappa shape index (κ3) is 2.99. The Labute approximate surface area is 124 Å². The summed E-state index contributed by atoms with van der Waals surface area (Å²) in [6.07, 6.45) is 0. The Morgan fingerprint density at radius 2 is 1.95 bits per heavy atom. The van der Waals surface area contributed by atoms with E-state index in [1.807, 2.05) is 25.9 Å². The van der Waals surface area contributed by atoms with Crippen LogP contribution in [0.3, 0.4) is 0 Å². The Hall–Kier alpha value is -2.50. The highest BCUT2D eigenvalue weighted by atomic mass is 16.4. The molecule has 6 nitrogen and oxygen atoms in total. The normalized spacial score (nSPS) is 11.7. The average Bonchev–Trinajstić information content (AvgIpc) is 2.75. The second-order valence-electron chi connectivity index (χ2n) is 5.23. The number of anilines is 1. The molecular formula is C15H21N5O. The SMILES string of the molecule is Cc1ccc(CN(C)c2c(C(N)=NO)c(C)nn2C)cc1. The molecule has 0 aliphatic carbocycles. The summed E-state index contributed by atoms with van der Waals surface area (Å²) >= 11 is 0. The third-order valence-corrected chi connectivity index (χ3v) is 3.46. The molecule has 0 saturated carbocycles. The summed E-state index contributed by atoms with van der Waals surface area (Å²) in [5.41, 5.74) is 9.60. The number of aromatic nitrogens is 2. The Kier molecular flexibility index (Phi) is 4.16. The topological polar surface area (TPSA) is 79.7 Å². The number of amidine groups is 1. The molecule has 0 aliphatic rings. The smallest absolute Gasteiger partial charge is 0.175 e. The predicted molar refractivity (Wildman–Crippen MR) is 83.7 cm³/mol. The summed E-state index contributed by atoms with van der Waals surface area (Å²) in [5, 5.41) is 16.4. The molecule has 6 heteroatoms. The van der Waals surface area contributed by atoms with E-state index < -0.39 is 0 Å². The van der Waals surface area contributed by atoms with Crippen molar-refractivity contribution in [2.45, 2.75) is 20.4 Å². The van der Waals surface area contributed by atoms with Gasteiger partial charge in [-0.2, -0.15) is 5.10 Å². The molecular weight excluding hydrogens is 266 g/mol. The fourth-order valence-electron chi connectivity index (χ4n) is 2.48. The zero-order valence-electron chi connectivity index (χ0n) is 12.8. The molecule has 1 heterocycles. The molecule has 3 N–H and O–H groups in total. The van der Waals surface area contributed by atoms with Gasteiger partial charge in [-0.05, 0) is 19.4 Å². The number of aryl methyl sites for hydroxylation is 3. The molecule has 0 atom stereocenters. The van der Waals surface area contributed by atoms with Gasteiger partial charge in [-0.15, -0.1) is 0 Å². The first-order chi connectivity index (χ1) is 9.93. The van der Waals surface area contributed by atoms with E-state index in [9.17, 15) is 0 Å². The summed E-state index contributed by atoms with van der Waals surface area (Å²) < 4.78 is 1.75. The van der Waals surface area contributed by atoms with E-state index in [4.69, 9.17) is 10.9 Å². The van der Waals surface area contributed by atoms with Gasteiger partial charge in [0.2, 0.25) is 0 Å². The van der Waals surface area contributed by atoms with Crippen molar-refractivity contribution in [1.82, 2.24) is 9.78 Å². The number of benzene rings is 1. The molecule has 0 saturated heterocycles. The van der Waals surface area contributed by atoms with Gasteiger partial charge in [0.15, 0.2) is 5.84 Å². The highest BCUT2D eigenvalue weighted by Gasteiger charge is 2.20. The standard InChI is InChI=1S/C15H21N5O/c1-10-5-7-12(8-6-10)9-19(3)15-13(14(16)18-21)11(2)17-20(15)4/h5-8,21H,9H2,1-4H3,(H2,16,18).